The minimum Gasteiger partial charge on any atom is -0.495 e. The van der Waals surface area contributed by atoms with E-state index >= 15 is 0 Å². The first-order valence-electron chi connectivity index (χ1n) is 9.98. The SMILES string of the molecule is CCNC(=NCc1ccc(OC)c(NC(C)=O)c1)N(C)Cc1ccc(CC)cc1.I. The molecule has 0 fully saturated rings. The van der Waals surface area contributed by atoms with E-state index in [0.717, 1.165) is 31.0 Å². The number of nitrogens with one attached hydrogen (secondary N) is 2. The number of hydrogen-bond acceptors (Lipinski definition) is 3. The van der Waals surface area contributed by atoms with Crippen molar-refractivity contribution in [2.45, 2.75) is 40.3 Å². The second-order valence-corrected chi connectivity index (χ2v) is 6.91. The smallest absolute Gasteiger partial charge is 0.221 e. The minimum absolute atomic E-state index is 0. The number of carbonyl (C=O) groups is 1. The van der Waals surface area contributed by atoms with Crippen molar-refractivity contribution in [1.82, 2.24) is 10.2 Å². The molecular formula is C23H33IN4O2. The Morgan fingerprint density at radius 3 is 2.27 bits per heavy atom. The van der Waals surface area contributed by atoms with Crippen LogP contribution in [-0.4, -0.2) is 37.5 Å². The molecule has 30 heavy (non-hydrogen) atoms. The maximum absolute atomic E-state index is 11.4. The predicted molar refractivity (Wildman–Crippen MR) is 135 cm³/mol. The average molecular weight is 524 g/mol. The zero-order valence-electron chi connectivity index (χ0n) is 18.5. The lowest BCUT2D eigenvalue weighted by molar-refractivity contribution is -0.114. The van der Waals surface area contributed by atoms with Gasteiger partial charge in [-0.25, -0.2) is 4.99 Å². The zero-order valence-corrected chi connectivity index (χ0v) is 20.8. The quantitative estimate of drug-likeness (QED) is 0.305. The molecule has 2 N–H and O–H groups in total. The van der Waals surface area contributed by atoms with Gasteiger partial charge in [0.2, 0.25) is 5.91 Å². The second-order valence-electron chi connectivity index (χ2n) is 6.91. The number of halogens is 1. The Morgan fingerprint density at radius 1 is 1.07 bits per heavy atom. The largest absolute Gasteiger partial charge is 0.495 e. The van der Waals surface area contributed by atoms with E-state index in [1.165, 1.54) is 18.1 Å². The van der Waals surface area contributed by atoms with E-state index in [1.807, 2.05) is 25.2 Å². The van der Waals surface area contributed by atoms with E-state index < -0.39 is 0 Å². The van der Waals surface area contributed by atoms with E-state index in [0.29, 0.717) is 18.0 Å². The van der Waals surface area contributed by atoms with Gasteiger partial charge in [0.05, 0.1) is 19.3 Å². The van der Waals surface area contributed by atoms with Gasteiger partial charge in [0.15, 0.2) is 5.96 Å². The lowest BCUT2D eigenvalue weighted by Crippen LogP contribution is -2.38. The lowest BCUT2D eigenvalue weighted by atomic mass is 10.1. The molecule has 7 heteroatoms. The summed E-state index contributed by atoms with van der Waals surface area (Å²) < 4.78 is 5.32. The van der Waals surface area contributed by atoms with Gasteiger partial charge in [0.25, 0.3) is 0 Å². The number of guanidine groups is 1. The number of carbonyl (C=O) groups excluding carboxylic acids is 1. The first kappa shape index (κ1) is 25.7. The molecule has 164 valence electrons. The Balaban J connectivity index is 0.00000450. The molecule has 2 aromatic rings. The average Bonchev–Trinajstić information content (AvgIpc) is 2.71. The highest BCUT2D eigenvalue weighted by Crippen LogP contribution is 2.25. The standard InChI is InChI=1S/C23H32N4O2.HI/c1-6-18-8-10-19(11-9-18)16-27(4)23(24-7-2)25-15-20-12-13-22(29-5)21(14-20)26-17(3)28;/h8-14H,6-7,15-16H2,1-5H3,(H,24,25)(H,26,28);1H. The fourth-order valence-corrected chi connectivity index (χ4v) is 3.01. The molecule has 0 saturated heterocycles. The highest BCUT2D eigenvalue weighted by molar-refractivity contribution is 14.0. The third-order valence-corrected chi connectivity index (χ3v) is 4.53. The van der Waals surface area contributed by atoms with Crippen LogP contribution < -0.4 is 15.4 Å². The van der Waals surface area contributed by atoms with Gasteiger partial charge in [-0.3, -0.25) is 4.79 Å². The molecule has 0 aliphatic carbocycles. The Labute approximate surface area is 197 Å². The number of methoxy groups -OCH3 is 1. The molecule has 0 heterocycles. The van der Waals surface area contributed by atoms with Crippen LogP contribution in [0.25, 0.3) is 0 Å². The fourth-order valence-electron chi connectivity index (χ4n) is 3.01. The van der Waals surface area contributed by atoms with Gasteiger partial charge in [-0.1, -0.05) is 37.3 Å². The van der Waals surface area contributed by atoms with Crippen LogP contribution in [0, 0.1) is 0 Å². The van der Waals surface area contributed by atoms with Gasteiger partial charge < -0.3 is 20.3 Å². The Bertz CT molecular complexity index is 838. The summed E-state index contributed by atoms with van der Waals surface area (Å²) in [5, 5.41) is 6.15. The Hall–Kier alpha value is -2.29. The van der Waals surface area contributed by atoms with Crippen molar-refractivity contribution < 1.29 is 9.53 Å². The van der Waals surface area contributed by atoms with Gasteiger partial charge in [-0.15, -0.1) is 24.0 Å². The van der Waals surface area contributed by atoms with E-state index in [-0.39, 0.29) is 29.9 Å². The summed E-state index contributed by atoms with van der Waals surface area (Å²) in [6.45, 7) is 7.76. The van der Waals surface area contributed by atoms with Gasteiger partial charge in [0, 0.05) is 27.1 Å². The van der Waals surface area contributed by atoms with Crippen LogP contribution in [0.3, 0.4) is 0 Å². The van der Waals surface area contributed by atoms with Crippen molar-refractivity contribution in [2.24, 2.45) is 4.99 Å². The summed E-state index contributed by atoms with van der Waals surface area (Å²) in [7, 11) is 3.62. The number of rotatable bonds is 8. The third kappa shape index (κ3) is 7.85. The summed E-state index contributed by atoms with van der Waals surface area (Å²) in [6, 6.07) is 14.4. The summed E-state index contributed by atoms with van der Waals surface area (Å²) >= 11 is 0. The van der Waals surface area contributed by atoms with Crippen LogP contribution in [0.2, 0.25) is 0 Å². The molecule has 1 amide bonds. The predicted octanol–water partition coefficient (Wildman–Crippen LogP) is 4.43. The molecule has 0 aliphatic rings. The molecule has 0 saturated carbocycles. The fraction of sp³-hybridized carbons (Fsp3) is 0.391. The van der Waals surface area contributed by atoms with Crippen LogP contribution in [0.1, 0.15) is 37.5 Å². The molecule has 6 nitrogen and oxygen atoms in total. The molecule has 0 atom stereocenters. The van der Waals surface area contributed by atoms with Crippen molar-refractivity contribution in [2.75, 3.05) is 26.0 Å². The van der Waals surface area contributed by atoms with E-state index in [1.54, 1.807) is 7.11 Å². The number of benzene rings is 2. The Morgan fingerprint density at radius 2 is 1.70 bits per heavy atom. The van der Waals surface area contributed by atoms with Crippen molar-refractivity contribution >= 4 is 41.5 Å². The number of nitrogens with zero attached hydrogens (tertiary/aromatic N) is 2. The third-order valence-electron chi connectivity index (χ3n) is 4.53. The second kappa shape index (κ2) is 13.1. The highest BCUT2D eigenvalue weighted by Gasteiger charge is 2.09. The number of ether oxygens (including phenoxy) is 1. The van der Waals surface area contributed by atoms with Crippen LogP contribution in [-0.2, 0) is 24.3 Å². The summed E-state index contributed by atoms with van der Waals surface area (Å²) in [4.78, 5) is 18.3. The van der Waals surface area contributed by atoms with Crippen LogP contribution in [0.4, 0.5) is 5.69 Å². The molecule has 0 aromatic heterocycles. The summed E-state index contributed by atoms with van der Waals surface area (Å²) in [5.74, 6) is 1.34. The van der Waals surface area contributed by atoms with Gasteiger partial charge >= 0.3 is 0 Å². The topological polar surface area (TPSA) is 66.0 Å². The zero-order chi connectivity index (χ0) is 21.2. The Kier molecular flexibility index (Phi) is 11.2. The monoisotopic (exact) mass is 524 g/mol. The molecule has 2 rings (SSSR count). The number of amides is 1. The van der Waals surface area contributed by atoms with Gasteiger partial charge in [-0.2, -0.15) is 0 Å². The van der Waals surface area contributed by atoms with E-state index in [2.05, 4.69) is 53.6 Å². The van der Waals surface area contributed by atoms with Crippen LogP contribution >= 0.6 is 24.0 Å². The molecule has 2 aromatic carbocycles. The van der Waals surface area contributed by atoms with Crippen molar-refractivity contribution in [1.29, 1.82) is 0 Å². The summed E-state index contributed by atoms with van der Waals surface area (Å²) in [6.07, 6.45) is 1.04. The minimum atomic E-state index is -0.133. The van der Waals surface area contributed by atoms with Gasteiger partial charge in [0.1, 0.15) is 5.75 Å². The molecule has 0 unspecified atom stereocenters. The van der Waals surface area contributed by atoms with E-state index in [9.17, 15) is 4.79 Å². The first-order valence-corrected chi connectivity index (χ1v) is 9.98. The maximum Gasteiger partial charge on any atom is 0.221 e. The van der Waals surface area contributed by atoms with Crippen LogP contribution in [0.5, 0.6) is 5.75 Å². The molecule has 0 aliphatic heterocycles. The maximum atomic E-state index is 11.4. The molecule has 0 spiro atoms. The molecule has 0 bridgehead atoms. The lowest BCUT2D eigenvalue weighted by Gasteiger charge is -2.22. The van der Waals surface area contributed by atoms with Crippen LogP contribution in [0.15, 0.2) is 47.5 Å². The number of anilines is 1. The number of aliphatic imine (C=N–C) groups is 1. The normalized spacial score (nSPS) is 10.8. The molecule has 0 radical (unpaired) electrons. The molecular weight excluding hydrogens is 491 g/mol. The van der Waals surface area contributed by atoms with Gasteiger partial charge in [-0.05, 0) is 42.2 Å². The first-order chi connectivity index (χ1) is 14.0. The van der Waals surface area contributed by atoms with E-state index in [4.69, 9.17) is 9.73 Å². The number of aryl methyl sites for hydroxylation is 1. The summed E-state index contributed by atoms with van der Waals surface area (Å²) in [5.41, 5.74) is 4.23. The van der Waals surface area contributed by atoms with Crippen molar-refractivity contribution in [3.8, 4) is 5.75 Å². The highest BCUT2D eigenvalue weighted by atomic mass is 127. The van der Waals surface area contributed by atoms with Crippen molar-refractivity contribution in [3.63, 3.8) is 0 Å². The number of hydrogen-bond donors (Lipinski definition) is 2. The van der Waals surface area contributed by atoms with Crippen molar-refractivity contribution in [3.05, 3.63) is 59.2 Å².